The van der Waals surface area contributed by atoms with Crippen LogP contribution in [0.2, 0.25) is 0 Å². The first-order valence-electron chi connectivity index (χ1n) is 8.39. The number of hydrogen-bond acceptors (Lipinski definition) is 7. The number of amides is 1. The van der Waals surface area contributed by atoms with E-state index in [2.05, 4.69) is 25.7 Å². The van der Waals surface area contributed by atoms with Crippen molar-refractivity contribution in [2.45, 2.75) is 33.4 Å². The van der Waals surface area contributed by atoms with Crippen LogP contribution in [0.25, 0.3) is 0 Å². The van der Waals surface area contributed by atoms with Gasteiger partial charge >= 0.3 is 0 Å². The molecule has 9 nitrogen and oxygen atoms in total. The maximum absolute atomic E-state index is 12.3. The van der Waals surface area contributed by atoms with E-state index in [1.54, 1.807) is 21.0 Å². The highest BCUT2D eigenvalue weighted by Crippen LogP contribution is 2.28. The molecule has 0 unspecified atom stereocenters. The number of aryl methyl sites for hydroxylation is 2. The summed E-state index contributed by atoms with van der Waals surface area (Å²) >= 11 is 0. The molecular formula is C18H21N5O4. The Morgan fingerprint density at radius 2 is 2.11 bits per heavy atom. The van der Waals surface area contributed by atoms with E-state index < -0.39 is 0 Å². The fourth-order valence-corrected chi connectivity index (χ4v) is 2.42. The molecule has 27 heavy (non-hydrogen) atoms. The molecule has 1 amide bonds. The lowest BCUT2D eigenvalue weighted by molar-refractivity contribution is 0.0929. The predicted octanol–water partition coefficient (Wildman–Crippen LogP) is 2.49. The van der Waals surface area contributed by atoms with Crippen molar-refractivity contribution in [1.82, 2.24) is 25.7 Å². The van der Waals surface area contributed by atoms with Crippen molar-refractivity contribution in [3.05, 3.63) is 52.9 Å². The van der Waals surface area contributed by atoms with E-state index in [4.69, 9.17) is 14.0 Å². The van der Waals surface area contributed by atoms with Gasteiger partial charge in [0.2, 0.25) is 0 Å². The van der Waals surface area contributed by atoms with E-state index in [1.165, 1.54) is 6.07 Å². The number of carbonyl (C=O) groups excluding carboxylic acids is 1. The fourth-order valence-electron chi connectivity index (χ4n) is 2.42. The minimum Gasteiger partial charge on any atom is -0.493 e. The molecule has 2 aromatic heterocycles. The van der Waals surface area contributed by atoms with Gasteiger partial charge in [0.15, 0.2) is 28.8 Å². The summed E-state index contributed by atoms with van der Waals surface area (Å²) in [6.07, 6.45) is 0. The molecule has 0 radical (unpaired) electrons. The van der Waals surface area contributed by atoms with Crippen molar-refractivity contribution in [2.75, 3.05) is 7.11 Å². The topological polar surface area (TPSA) is 115 Å². The Kier molecular flexibility index (Phi) is 5.39. The minimum absolute atomic E-state index is 0.120. The summed E-state index contributed by atoms with van der Waals surface area (Å²) in [5, 5.41) is 13.3. The second-order valence-electron chi connectivity index (χ2n) is 6.10. The quantitative estimate of drug-likeness (QED) is 0.655. The maximum atomic E-state index is 12.3. The Morgan fingerprint density at radius 3 is 2.81 bits per heavy atom. The molecule has 0 bridgehead atoms. The Labute approximate surface area is 156 Å². The number of ether oxygens (including phenoxy) is 2. The molecule has 0 aliphatic heterocycles. The predicted molar refractivity (Wildman–Crippen MR) is 95.6 cm³/mol. The standard InChI is InChI=1S/C18H21N5O4/c1-10-5-6-15(16(7-10)25-4)26-9-13-8-14(23-27-13)18(24)19-11(2)17-20-12(3)21-22-17/h5-8,11H,9H2,1-4H3,(H,19,24)(H,20,21,22)/t11-/m0/s1. The van der Waals surface area contributed by atoms with Crippen LogP contribution in [-0.4, -0.2) is 33.4 Å². The highest BCUT2D eigenvalue weighted by Gasteiger charge is 2.18. The SMILES string of the molecule is COc1cc(C)ccc1OCc1cc(C(=O)N[C@@H](C)c2n[nH]c(C)n2)no1. The smallest absolute Gasteiger partial charge is 0.274 e. The first-order valence-corrected chi connectivity index (χ1v) is 8.39. The molecule has 0 saturated heterocycles. The number of carbonyl (C=O) groups is 1. The van der Waals surface area contributed by atoms with E-state index in [0.717, 1.165) is 5.56 Å². The van der Waals surface area contributed by atoms with Gasteiger partial charge in [-0.1, -0.05) is 11.2 Å². The molecule has 0 spiro atoms. The van der Waals surface area contributed by atoms with Gasteiger partial charge in [-0.2, -0.15) is 5.10 Å². The molecule has 3 aromatic rings. The van der Waals surface area contributed by atoms with Gasteiger partial charge < -0.3 is 19.3 Å². The number of nitrogens with zero attached hydrogens (tertiary/aromatic N) is 3. The molecule has 2 N–H and O–H groups in total. The van der Waals surface area contributed by atoms with Gasteiger partial charge in [0.05, 0.1) is 13.2 Å². The zero-order valence-electron chi connectivity index (χ0n) is 15.6. The van der Waals surface area contributed by atoms with E-state index in [1.807, 2.05) is 25.1 Å². The van der Waals surface area contributed by atoms with Crippen LogP contribution in [0.5, 0.6) is 11.5 Å². The van der Waals surface area contributed by atoms with Crippen LogP contribution in [0, 0.1) is 13.8 Å². The molecule has 3 rings (SSSR count). The summed E-state index contributed by atoms with van der Waals surface area (Å²) in [6.45, 7) is 5.66. The first-order chi connectivity index (χ1) is 13.0. The number of hydrogen-bond donors (Lipinski definition) is 2. The summed E-state index contributed by atoms with van der Waals surface area (Å²) in [5.74, 6) is 2.43. The zero-order valence-corrected chi connectivity index (χ0v) is 15.6. The van der Waals surface area contributed by atoms with Crippen LogP contribution >= 0.6 is 0 Å². The lowest BCUT2D eigenvalue weighted by Gasteiger charge is -2.09. The van der Waals surface area contributed by atoms with E-state index in [0.29, 0.717) is 28.9 Å². The van der Waals surface area contributed by atoms with Crippen molar-refractivity contribution in [1.29, 1.82) is 0 Å². The highest BCUT2D eigenvalue weighted by molar-refractivity contribution is 5.92. The zero-order chi connectivity index (χ0) is 19.4. The van der Waals surface area contributed by atoms with E-state index >= 15 is 0 Å². The molecule has 0 aliphatic carbocycles. The Morgan fingerprint density at radius 1 is 1.30 bits per heavy atom. The number of benzene rings is 1. The molecule has 142 valence electrons. The average Bonchev–Trinajstić information content (AvgIpc) is 3.29. The van der Waals surface area contributed by atoms with Crippen LogP contribution < -0.4 is 14.8 Å². The van der Waals surface area contributed by atoms with Gasteiger partial charge in [-0.05, 0) is 38.5 Å². The summed E-state index contributed by atoms with van der Waals surface area (Å²) in [5.41, 5.74) is 1.22. The lowest BCUT2D eigenvalue weighted by Crippen LogP contribution is -2.27. The third-order valence-electron chi connectivity index (χ3n) is 3.83. The molecule has 2 heterocycles. The van der Waals surface area contributed by atoms with Crippen LogP contribution in [-0.2, 0) is 6.61 Å². The third-order valence-corrected chi connectivity index (χ3v) is 3.83. The third kappa shape index (κ3) is 4.43. The number of methoxy groups -OCH3 is 1. The van der Waals surface area contributed by atoms with Crippen molar-refractivity contribution in [2.24, 2.45) is 0 Å². The Balaban J connectivity index is 1.60. The number of rotatable bonds is 7. The van der Waals surface area contributed by atoms with Crippen LogP contribution in [0.1, 0.15) is 46.4 Å². The van der Waals surface area contributed by atoms with E-state index in [-0.39, 0.29) is 24.2 Å². The van der Waals surface area contributed by atoms with Crippen molar-refractivity contribution in [3.8, 4) is 11.5 Å². The average molecular weight is 371 g/mol. The molecule has 9 heteroatoms. The largest absolute Gasteiger partial charge is 0.493 e. The molecule has 0 aliphatic rings. The molecule has 1 atom stereocenters. The number of nitrogens with one attached hydrogen (secondary N) is 2. The van der Waals surface area contributed by atoms with Crippen molar-refractivity contribution in [3.63, 3.8) is 0 Å². The Hall–Kier alpha value is -3.36. The normalized spacial score (nSPS) is 11.9. The highest BCUT2D eigenvalue weighted by atomic mass is 16.5. The van der Waals surface area contributed by atoms with E-state index in [9.17, 15) is 4.79 Å². The van der Waals surface area contributed by atoms with Crippen LogP contribution in [0.15, 0.2) is 28.8 Å². The lowest BCUT2D eigenvalue weighted by atomic mass is 10.2. The molecular weight excluding hydrogens is 350 g/mol. The summed E-state index contributed by atoms with van der Waals surface area (Å²) in [7, 11) is 1.58. The van der Waals surface area contributed by atoms with Gasteiger partial charge in [0, 0.05) is 6.07 Å². The summed E-state index contributed by atoms with van der Waals surface area (Å²) < 4.78 is 16.2. The van der Waals surface area contributed by atoms with Gasteiger partial charge in [-0.3, -0.25) is 9.89 Å². The van der Waals surface area contributed by atoms with Gasteiger partial charge in [-0.25, -0.2) is 4.98 Å². The number of aromatic nitrogens is 4. The monoisotopic (exact) mass is 371 g/mol. The van der Waals surface area contributed by atoms with Crippen molar-refractivity contribution < 1.29 is 18.8 Å². The minimum atomic E-state index is -0.382. The van der Waals surface area contributed by atoms with Crippen LogP contribution in [0.3, 0.4) is 0 Å². The second-order valence-corrected chi connectivity index (χ2v) is 6.10. The molecule has 0 saturated carbocycles. The maximum Gasteiger partial charge on any atom is 0.274 e. The second kappa shape index (κ2) is 7.90. The van der Waals surface area contributed by atoms with Gasteiger partial charge in [0.1, 0.15) is 12.4 Å². The van der Waals surface area contributed by atoms with Gasteiger partial charge in [0.25, 0.3) is 5.91 Å². The molecule has 1 aromatic carbocycles. The summed E-state index contributed by atoms with van der Waals surface area (Å²) in [6, 6.07) is 6.78. The molecule has 0 fully saturated rings. The van der Waals surface area contributed by atoms with Crippen LogP contribution in [0.4, 0.5) is 0 Å². The van der Waals surface area contributed by atoms with Gasteiger partial charge in [-0.15, -0.1) is 0 Å². The Bertz CT molecular complexity index is 933. The first kappa shape index (κ1) is 18.4. The fraction of sp³-hybridized carbons (Fsp3) is 0.333. The van der Waals surface area contributed by atoms with Crippen molar-refractivity contribution >= 4 is 5.91 Å². The number of aromatic amines is 1. The summed E-state index contributed by atoms with van der Waals surface area (Å²) in [4.78, 5) is 16.5. The number of H-pyrrole nitrogens is 1.